The van der Waals surface area contributed by atoms with Crippen LogP contribution in [0, 0.1) is 5.82 Å². The highest BCUT2D eigenvalue weighted by atomic mass is 35.5. The zero-order valence-corrected chi connectivity index (χ0v) is 16.3. The van der Waals surface area contributed by atoms with E-state index in [1.54, 1.807) is 23.9 Å². The van der Waals surface area contributed by atoms with E-state index in [4.69, 9.17) is 21.4 Å². The molecule has 0 atom stereocenters. The molecule has 27 heavy (non-hydrogen) atoms. The van der Waals surface area contributed by atoms with Gasteiger partial charge in [-0.1, -0.05) is 36.7 Å². The first-order valence-corrected chi connectivity index (χ1v) is 9.31. The number of likely N-dealkylation sites (N-methyl/N-ethyl adjacent to an activating group) is 1. The van der Waals surface area contributed by atoms with Crippen LogP contribution >= 0.6 is 11.6 Å². The second-order valence-electron chi connectivity index (χ2n) is 6.27. The molecule has 0 radical (unpaired) electrons. The molecule has 0 aliphatic rings. The Bertz CT molecular complexity index is 879. The van der Waals surface area contributed by atoms with Crippen molar-refractivity contribution in [2.45, 2.75) is 13.5 Å². The third-order valence-corrected chi connectivity index (χ3v) is 4.79. The summed E-state index contributed by atoms with van der Waals surface area (Å²) in [5.74, 6) is -0.269. The van der Waals surface area contributed by atoms with Crippen molar-refractivity contribution >= 4 is 11.6 Å². The molecule has 0 amide bonds. The van der Waals surface area contributed by atoms with E-state index in [1.165, 1.54) is 12.1 Å². The summed E-state index contributed by atoms with van der Waals surface area (Å²) in [4.78, 5) is 2.29. The Hall–Kier alpha value is -2.21. The van der Waals surface area contributed by atoms with Gasteiger partial charge < -0.3 is 4.74 Å². The number of rotatable bonds is 8. The van der Waals surface area contributed by atoms with E-state index in [9.17, 15) is 4.39 Å². The summed E-state index contributed by atoms with van der Waals surface area (Å²) in [6.07, 6.45) is 1.99. The summed E-state index contributed by atoms with van der Waals surface area (Å²) in [6, 6.07) is 14.0. The molecular formula is C21H23ClFN3O. The van der Waals surface area contributed by atoms with Crippen molar-refractivity contribution < 1.29 is 9.13 Å². The molecule has 4 nitrogen and oxygen atoms in total. The molecule has 0 fully saturated rings. The first-order valence-electron chi connectivity index (χ1n) is 8.93. The number of aromatic nitrogens is 2. The Kier molecular flexibility index (Phi) is 6.61. The molecule has 3 aromatic rings. The number of halogens is 2. The summed E-state index contributed by atoms with van der Waals surface area (Å²) in [5.41, 5.74) is 3.58. The van der Waals surface area contributed by atoms with E-state index in [0.717, 1.165) is 42.1 Å². The molecule has 0 aliphatic carbocycles. The predicted octanol–water partition coefficient (Wildman–Crippen LogP) is 4.80. The van der Waals surface area contributed by atoms with Crippen LogP contribution in [0.1, 0.15) is 12.5 Å². The number of hydrogen-bond donors (Lipinski definition) is 0. The zero-order valence-electron chi connectivity index (χ0n) is 15.5. The second kappa shape index (κ2) is 9.13. The maximum absolute atomic E-state index is 13.3. The second-order valence-corrected chi connectivity index (χ2v) is 6.67. The minimum atomic E-state index is -0.269. The fourth-order valence-electron chi connectivity index (χ4n) is 2.94. The monoisotopic (exact) mass is 387 g/mol. The van der Waals surface area contributed by atoms with E-state index in [-0.39, 0.29) is 5.82 Å². The molecule has 0 saturated carbocycles. The lowest BCUT2D eigenvalue weighted by Gasteiger charge is -2.19. The molecule has 0 N–H and O–H groups in total. The lowest BCUT2D eigenvalue weighted by atomic mass is 10.1. The number of ether oxygens (including phenoxy) is 1. The highest BCUT2D eigenvalue weighted by molar-refractivity contribution is 6.33. The minimum Gasteiger partial charge on any atom is -0.383 e. The molecule has 142 valence electrons. The molecule has 0 saturated heterocycles. The van der Waals surface area contributed by atoms with Gasteiger partial charge in [-0.15, -0.1) is 0 Å². The average Bonchev–Trinajstić information content (AvgIpc) is 3.09. The Morgan fingerprint density at radius 2 is 1.89 bits per heavy atom. The van der Waals surface area contributed by atoms with Crippen LogP contribution in [-0.2, 0) is 11.3 Å². The summed E-state index contributed by atoms with van der Waals surface area (Å²) >= 11 is 6.43. The van der Waals surface area contributed by atoms with Crippen LogP contribution in [0.3, 0.4) is 0 Å². The lowest BCUT2D eigenvalue weighted by molar-refractivity contribution is 0.147. The maximum atomic E-state index is 13.3. The van der Waals surface area contributed by atoms with Crippen LogP contribution in [0.2, 0.25) is 5.02 Å². The quantitative estimate of drug-likeness (QED) is 0.556. The van der Waals surface area contributed by atoms with Gasteiger partial charge in [0.15, 0.2) is 0 Å². The lowest BCUT2D eigenvalue weighted by Crippen LogP contribution is -2.26. The molecule has 0 bridgehead atoms. The predicted molar refractivity (Wildman–Crippen MR) is 107 cm³/mol. The molecule has 1 aromatic heterocycles. The van der Waals surface area contributed by atoms with Crippen molar-refractivity contribution in [1.29, 1.82) is 0 Å². The van der Waals surface area contributed by atoms with E-state index >= 15 is 0 Å². The van der Waals surface area contributed by atoms with Gasteiger partial charge in [0, 0.05) is 37.5 Å². The standard InChI is InChI=1S/C21H23ClFN3O/c1-3-25(12-13-27-2)14-16-15-26(18-10-8-17(23)9-11-18)24-21(16)19-6-4-5-7-20(19)22/h4-11,15H,3,12-14H2,1-2H3. The summed E-state index contributed by atoms with van der Waals surface area (Å²) in [6.45, 7) is 5.24. The molecule has 1 heterocycles. The Labute approximate surface area is 164 Å². The molecule has 0 spiro atoms. The summed E-state index contributed by atoms with van der Waals surface area (Å²) in [5, 5.41) is 5.42. The van der Waals surface area contributed by atoms with Crippen LogP contribution in [-0.4, -0.2) is 41.5 Å². The van der Waals surface area contributed by atoms with Gasteiger partial charge in [-0.05, 0) is 36.9 Å². The molecule has 6 heteroatoms. The van der Waals surface area contributed by atoms with Crippen molar-refractivity contribution in [3.8, 4) is 16.9 Å². The smallest absolute Gasteiger partial charge is 0.123 e. The average molecular weight is 388 g/mol. The first-order chi connectivity index (χ1) is 13.1. The van der Waals surface area contributed by atoms with E-state index in [2.05, 4.69) is 11.8 Å². The highest BCUT2D eigenvalue weighted by Crippen LogP contribution is 2.30. The van der Waals surface area contributed by atoms with Gasteiger partial charge in [0.25, 0.3) is 0 Å². The van der Waals surface area contributed by atoms with Gasteiger partial charge in [-0.2, -0.15) is 5.10 Å². The molecule has 2 aromatic carbocycles. The van der Waals surface area contributed by atoms with Gasteiger partial charge in [0.05, 0.1) is 23.0 Å². The zero-order chi connectivity index (χ0) is 19.2. The van der Waals surface area contributed by atoms with Crippen LogP contribution < -0.4 is 0 Å². The van der Waals surface area contributed by atoms with Crippen LogP contribution in [0.15, 0.2) is 54.7 Å². The third-order valence-electron chi connectivity index (χ3n) is 4.46. The van der Waals surface area contributed by atoms with E-state index in [1.807, 2.05) is 30.5 Å². The Morgan fingerprint density at radius 3 is 2.56 bits per heavy atom. The van der Waals surface area contributed by atoms with Crippen LogP contribution in [0.25, 0.3) is 16.9 Å². The van der Waals surface area contributed by atoms with Gasteiger partial charge >= 0.3 is 0 Å². The first kappa shape index (κ1) is 19.5. The maximum Gasteiger partial charge on any atom is 0.123 e. The van der Waals surface area contributed by atoms with E-state index in [0.29, 0.717) is 11.6 Å². The van der Waals surface area contributed by atoms with Gasteiger partial charge in [-0.3, -0.25) is 4.90 Å². The number of hydrogen-bond acceptors (Lipinski definition) is 3. The van der Waals surface area contributed by atoms with Crippen molar-refractivity contribution in [3.63, 3.8) is 0 Å². The SMILES string of the molecule is CCN(CCOC)Cc1cn(-c2ccc(F)cc2)nc1-c1ccccc1Cl. The van der Waals surface area contributed by atoms with Crippen LogP contribution in [0.5, 0.6) is 0 Å². The van der Waals surface area contributed by atoms with E-state index < -0.39 is 0 Å². The molecule has 0 aliphatic heterocycles. The van der Waals surface area contributed by atoms with Crippen molar-refractivity contribution in [1.82, 2.24) is 14.7 Å². The van der Waals surface area contributed by atoms with Gasteiger partial charge in [-0.25, -0.2) is 9.07 Å². The largest absolute Gasteiger partial charge is 0.383 e. The van der Waals surface area contributed by atoms with Crippen molar-refractivity contribution in [2.24, 2.45) is 0 Å². The normalized spacial score (nSPS) is 11.3. The van der Waals surface area contributed by atoms with Crippen LogP contribution in [0.4, 0.5) is 4.39 Å². The number of benzene rings is 2. The summed E-state index contributed by atoms with van der Waals surface area (Å²) < 4.78 is 20.3. The fraction of sp³-hybridized carbons (Fsp3) is 0.286. The number of nitrogens with zero attached hydrogens (tertiary/aromatic N) is 3. The molecular weight excluding hydrogens is 365 g/mol. The van der Waals surface area contributed by atoms with Gasteiger partial charge in [0.1, 0.15) is 5.82 Å². The van der Waals surface area contributed by atoms with Crippen molar-refractivity contribution in [3.05, 3.63) is 71.1 Å². The summed E-state index contributed by atoms with van der Waals surface area (Å²) in [7, 11) is 1.70. The number of methoxy groups -OCH3 is 1. The fourth-order valence-corrected chi connectivity index (χ4v) is 3.17. The minimum absolute atomic E-state index is 0.269. The molecule has 3 rings (SSSR count). The Morgan fingerprint density at radius 1 is 1.15 bits per heavy atom. The highest BCUT2D eigenvalue weighted by Gasteiger charge is 2.17. The topological polar surface area (TPSA) is 30.3 Å². The molecule has 0 unspecified atom stereocenters. The van der Waals surface area contributed by atoms with Gasteiger partial charge in [0.2, 0.25) is 0 Å². The Balaban J connectivity index is 2.01. The van der Waals surface area contributed by atoms with Crippen molar-refractivity contribution in [2.75, 3.05) is 26.8 Å². The third kappa shape index (κ3) is 4.75.